The number of aryl methyl sites for hydroxylation is 4. The van der Waals surface area contributed by atoms with Gasteiger partial charge in [-0.25, -0.2) is 0 Å². The van der Waals surface area contributed by atoms with Gasteiger partial charge < -0.3 is 9.84 Å². The third-order valence-corrected chi connectivity index (χ3v) is 4.98. The molecule has 1 aromatic carbocycles. The summed E-state index contributed by atoms with van der Waals surface area (Å²) >= 11 is 6.22. The number of aromatic nitrogens is 3. The second-order valence-electron chi connectivity index (χ2n) is 6.48. The lowest BCUT2D eigenvalue weighted by molar-refractivity contribution is 0.101. The zero-order valence-corrected chi connectivity index (χ0v) is 16.2. The molecular formula is C19H21ClN4O2. The summed E-state index contributed by atoms with van der Waals surface area (Å²) in [6.45, 7) is 9.85. The molecule has 0 fully saturated rings. The highest BCUT2D eigenvalue weighted by Crippen LogP contribution is 2.23. The molecule has 3 aromatic rings. The van der Waals surface area contributed by atoms with Gasteiger partial charge in [0.05, 0.1) is 23.0 Å². The first-order valence-electron chi connectivity index (χ1n) is 8.31. The smallest absolute Gasteiger partial charge is 0.278 e. The molecule has 0 atom stereocenters. The summed E-state index contributed by atoms with van der Waals surface area (Å²) in [5.74, 6) is 0.274. The van der Waals surface area contributed by atoms with Crippen molar-refractivity contribution in [1.29, 1.82) is 0 Å². The molecule has 0 radical (unpaired) electrons. The second-order valence-corrected chi connectivity index (χ2v) is 6.86. The number of nitrogens with zero attached hydrogens (tertiary/aromatic N) is 3. The minimum Gasteiger partial charge on any atom is -0.361 e. The molecule has 0 unspecified atom stereocenters. The Morgan fingerprint density at radius 3 is 2.58 bits per heavy atom. The topological polar surface area (TPSA) is 73.0 Å². The molecule has 1 N–H and O–H groups in total. The van der Waals surface area contributed by atoms with Gasteiger partial charge in [0.1, 0.15) is 5.76 Å². The molecule has 7 heteroatoms. The molecule has 1 amide bonds. The van der Waals surface area contributed by atoms with Crippen LogP contribution in [0, 0.1) is 34.6 Å². The molecule has 136 valence electrons. The first-order chi connectivity index (χ1) is 12.3. The monoisotopic (exact) mass is 372 g/mol. The van der Waals surface area contributed by atoms with Crippen molar-refractivity contribution in [3.63, 3.8) is 0 Å². The largest absolute Gasteiger partial charge is 0.361 e. The van der Waals surface area contributed by atoms with Crippen molar-refractivity contribution in [3.8, 4) is 0 Å². The number of carbonyl (C=O) groups is 1. The third kappa shape index (κ3) is 3.37. The summed E-state index contributed by atoms with van der Waals surface area (Å²) in [4.78, 5) is 12.7. The van der Waals surface area contributed by atoms with Crippen LogP contribution in [0.2, 0.25) is 5.02 Å². The van der Waals surface area contributed by atoms with Crippen LogP contribution in [0.3, 0.4) is 0 Å². The molecule has 0 bridgehead atoms. The zero-order chi connectivity index (χ0) is 19.0. The van der Waals surface area contributed by atoms with Gasteiger partial charge >= 0.3 is 0 Å². The predicted octanol–water partition coefficient (Wildman–Crippen LogP) is 4.37. The number of hydrogen-bond acceptors (Lipinski definition) is 4. The molecule has 3 rings (SSSR count). The van der Waals surface area contributed by atoms with Gasteiger partial charge in [0.2, 0.25) is 0 Å². The summed E-state index contributed by atoms with van der Waals surface area (Å²) in [5, 5.41) is 11.9. The molecule has 2 heterocycles. The standard InChI is InChI=1S/C19H21ClN4O2/c1-10-6-7-16(11(2)8-10)21-19(25)18-15(14(5)26-23-18)9-24-13(4)17(20)12(3)22-24/h6-8H,9H2,1-5H3,(H,21,25). The van der Waals surface area contributed by atoms with E-state index in [0.29, 0.717) is 22.9 Å². The highest BCUT2D eigenvalue weighted by Gasteiger charge is 2.22. The van der Waals surface area contributed by atoms with Gasteiger partial charge in [0.25, 0.3) is 5.91 Å². The molecule has 0 spiro atoms. The average Bonchev–Trinajstić information content (AvgIpc) is 3.06. The molecule has 0 aliphatic carbocycles. The van der Waals surface area contributed by atoms with E-state index in [1.165, 1.54) is 0 Å². The Morgan fingerprint density at radius 1 is 1.23 bits per heavy atom. The molecule has 6 nitrogen and oxygen atoms in total. The van der Waals surface area contributed by atoms with Crippen molar-refractivity contribution in [3.05, 3.63) is 62.8 Å². The van der Waals surface area contributed by atoms with Crippen LogP contribution in [0.25, 0.3) is 0 Å². The van der Waals surface area contributed by atoms with Crippen LogP contribution in [0.4, 0.5) is 5.69 Å². The minimum atomic E-state index is -0.309. The maximum absolute atomic E-state index is 12.7. The van der Waals surface area contributed by atoms with Crippen LogP contribution in [0.5, 0.6) is 0 Å². The van der Waals surface area contributed by atoms with Gasteiger partial charge in [-0.05, 0) is 46.2 Å². The lowest BCUT2D eigenvalue weighted by Crippen LogP contribution is -2.17. The lowest BCUT2D eigenvalue weighted by atomic mass is 10.1. The Kier molecular flexibility index (Phi) is 4.87. The summed E-state index contributed by atoms with van der Waals surface area (Å²) in [6.07, 6.45) is 0. The fourth-order valence-electron chi connectivity index (χ4n) is 2.87. The summed E-state index contributed by atoms with van der Waals surface area (Å²) in [6, 6.07) is 5.86. The molecule has 0 aliphatic rings. The van der Waals surface area contributed by atoms with Gasteiger partial charge in [-0.3, -0.25) is 9.48 Å². The minimum absolute atomic E-state index is 0.256. The zero-order valence-electron chi connectivity index (χ0n) is 15.5. The maximum atomic E-state index is 12.7. The van der Waals surface area contributed by atoms with E-state index in [4.69, 9.17) is 16.1 Å². The first kappa shape index (κ1) is 18.2. The van der Waals surface area contributed by atoms with Crippen molar-refractivity contribution < 1.29 is 9.32 Å². The number of hydrogen-bond donors (Lipinski definition) is 1. The molecule has 26 heavy (non-hydrogen) atoms. The number of nitrogens with one attached hydrogen (secondary N) is 1. The second kappa shape index (κ2) is 6.96. The first-order valence-corrected chi connectivity index (χ1v) is 8.69. The Labute approximate surface area is 157 Å². The van der Waals surface area contributed by atoms with E-state index in [2.05, 4.69) is 15.6 Å². The van der Waals surface area contributed by atoms with E-state index < -0.39 is 0 Å². The predicted molar refractivity (Wildman–Crippen MR) is 101 cm³/mol. The molecule has 0 saturated carbocycles. The van der Waals surface area contributed by atoms with Gasteiger partial charge in [-0.2, -0.15) is 5.10 Å². The Bertz CT molecular complexity index is 988. The average molecular weight is 373 g/mol. The third-order valence-electron chi connectivity index (χ3n) is 4.43. The van der Waals surface area contributed by atoms with E-state index >= 15 is 0 Å². The SMILES string of the molecule is Cc1ccc(NC(=O)c2noc(C)c2Cn2nc(C)c(Cl)c2C)c(C)c1. The number of benzene rings is 1. The van der Waals surface area contributed by atoms with Crippen LogP contribution in [0.1, 0.15) is 44.3 Å². The number of anilines is 1. The van der Waals surface area contributed by atoms with Crippen LogP contribution < -0.4 is 5.32 Å². The number of amides is 1. The van der Waals surface area contributed by atoms with Gasteiger partial charge in [-0.1, -0.05) is 34.5 Å². The van der Waals surface area contributed by atoms with Crippen LogP contribution in [0.15, 0.2) is 22.7 Å². The Morgan fingerprint density at radius 2 is 1.96 bits per heavy atom. The summed E-state index contributed by atoms with van der Waals surface area (Å²) in [7, 11) is 0. The summed E-state index contributed by atoms with van der Waals surface area (Å²) < 4.78 is 7.02. The number of carbonyl (C=O) groups excluding carboxylic acids is 1. The van der Waals surface area contributed by atoms with Gasteiger partial charge in [0, 0.05) is 11.3 Å². The molecule has 0 aliphatic heterocycles. The van der Waals surface area contributed by atoms with Gasteiger partial charge in [0.15, 0.2) is 5.69 Å². The Hall–Kier alpha value is -2.60. The highest BCUT2D eigenvalue weighted by atomic mass is 35.5. The van der Waals surface area contributed by atoms with E-state index in [0.717, 1.165) is 28.2 Å². The van der Waals surface area contributed by atoms with Crippen molar-refractivity contribution in [2.45, 2.75) is 41.2 Å². The van der Waals surface area contributed by atoms with Crippen molar-refractivity contribution in [2.24, 2.45) is 0 Å². The van der Waals surface area contributed by atoms with Gasteiger partial charge in [-0.15, -0.1) is 0 Å². The van der Waals surface area contributed by atoms with Crippen LogP contribution in [-0.2, 0) is 6.54 Å². The van der Waals surface area contributed by atoms with Crippen LogP contribution >= 0.6 is 11.6 Å². The normalized spacial score (nSPS) is 11.0. The van der Waals surface area contributed by atoms with Crippen LogP contribution in [-0.4, -0.2) is 20.8 Å². The fraction of sp³-hybridized carbons (Fsp3) is 0.316. The fourth-order valence-corrected chi connectivity index (χ4v) is 3.01. The van der Waals surface area contributed by atoms with E-state index in [1.807, 2.05) is 45.9 Å². The van der Waals surface area contributed by atoms with Crippen molar-refractivity contribution in [1.82, 2.24) is 14.9 Å². The number of rotatable bonds is 4. The molecular weight excluding hydrogens is 352 g/mol. The van der Waals surface area contributed by atoms with E-state index in [-0.39, 0.29) is 11.6 Å². The number of halogens is 1. The van der Waals surface area contributed by atoms with E-state index in [9.17, 15) is 4.79 Å². The van der Waals surface area contributed by atoms with E-state index in [1.54, 1.807) is 11.6 Å². The summed E-state index contributed by atoms with van der Waals surface area (Å²) in [5.41, 5.74) is 5.41. The quantitative estimate of drug-likeness (QED) is 0.738. The highest BCUT2D eigenvalue weighted by molar-refractivity contribution is 6.31. The van der Waals surface area contributed by atoms with Crippen molar-refractivity contribution >= 4 is 23.2 Å². The van der Waals surface area contributed by atoms with Crippen molar-refractivity contribution in [2.75, 3.05) is 5.32 Å². The Balaban J connectivity index is 1.89. The molecule has 0 saturated heterocycles. The molecule has 2 aromatic heterocycles. The lowest BCUT2D eigenvalue weighted by Gasteiger charge is -2.09. The maximum Gasteiger partial charge on any atom is 0.278 e.